The van der Waals surface area contributed by atoms with Gasteiger partial charge < -0.3 is 5.73 Å². The van der Waals surface area contributed by atoms with Crippen LogP contribution in [0.5, 0.6) is 0 Å². The molecular weight excluding hydrogens is 328 g/mol. The van der Waals surface area contributed by atoms with Crippen molar-refractivity contribution < 1.29 is 8.42 Å². The smallest absolute Gasteiger partial charge is 0.244 e. The zero-order chi connectivity index (χ0) is 14.0. The molecule has 0 aliphatic carbocycles. The van der Waals surface area contributed by atoms with Gasteiger partial charge in [0.1, 0.15) is 0 Å². The number of rotatable bonds is 3. The number of benzene rings is 1. The van der Waals surface area contributed by atoms with Crippen molar-refractivity contribution in [2.75, 3.05) is 19.6 Å². The number of hydrogen-bond donors (Lipinski definition) is 1. The number of piperidine rings is 1. The summed E-state index contributed by atoms with van der Waals surface area (Å²) in [5, 5.41) is 0. The number of sulfonamides is 1. The molecule has 1 aliphatic heterocycles. The van der Waals surface area contributed by atoms with E-state index in [2.05, 4.69) is 15.9 Å². The van der Waals surface area contributed by atoms with Crippen LogP contribution in [0.15, 0.2) is 27.6 Å². The first-order chi connectivity index (χ1) is 8.96. The lowest BCUT2D eigenvalue weighted by Crippen LogP contribution is -2.40. The SMILES string of the molecule is Cc1cccc(S(=O)(=O)N2CCC(CN)CC2)c1Br. The summed E-state index contributed by atoms with van der Waals surface area (Å²) in [4.78, 5) is 0.360. The molecule has 4 nitrogen and oxygen atoms in total. The van der Waals surface area contributed by atoms with Crippen molar-refractivity contribution in [3.63, 3.8) is 0 Å². The molecular formula is C13H19BrN2O2S. The Morgan fingerprint density at radius 2 is 2.00 bits per heavy atom. The standard InChI is InChI=1S/C13H19BrN2O2S/c1-10-3-2-4-12(13(10)14)19(17,18)16-7-5-11(9-15)6-8-16/h2-4,11H,5-9,15H2,1H3. The van der Waals surface area contributed by atoms with Crippen molar-refractivity contribution in [1.29, 1.82) is 0 Å². The van der Waals surface area contributed by atoms with Crippen molar-refractivity contribution >= 4 is 26.0 Å². The Morgan fingerprint density at radius 1 is 1.37 bits per heavy atom. The zero-order valence-electron chi connectivity index (χ0n) is 11.0. The zero-order valence-corrected chi connectivity index (χ0v) is 13.4. The highest BCUT2D eigenvalue weighted by Crippen LogP contribution is 2.30. The molecule has 0 radical (unpaired) electrons. The number of hydrogen-bond acceptors (Lipinski definition) is 3. The van der Waals surface area contributed by atoms with Gasteiger partial charge in [-0.05, 0) is 59.8 Å². The summed E-state index contributed by atoms with van der Waals surface area (Å²) < 4.78 is 27.5. The monoisotopic (exact) mass is 346 g/mol. The van der Waals surface area contributed by atoms with Crippen LogP contribution in [0.25, 0.3) is 0 Å². The highest BCUT2D eigenvalue weighted by molar-refractivity contribution is 9.10. The van der Waals surface area contributed by atoms with E-state index in [0.29, 0.717) is 34.9 Å². The maximum Gasteiger partial charge on any atom is 0.244 e. The molecule has 1 aliphatic rings. The minimum atomic E-state index is -3.40. The molecule has 2 rings (SSSR count). The van der Waals surface area contributed by atoms with E-state index >= 15 is 0 Å². The van der Waals surface area contributed by atoms with Crippen molar-refractivity contribution in [2.45, 2.75) is 24.7 Å². The average Bonchev–Trinajstić information content (AvgIpc) is 2.41. The number of halogens is 1. The van der Waals surface area contributed by atoms with E-state index in [0.717, 1.165) is 18.4 Å². The Kier molecular flexibility index (Phi) is 4.66. The normalized spacial score (nSPS) is 18.7. The topological polar surface area (TPSA) is 63.4 Å². The molecule has 0 atom stereocenters. The Hall–Kier alpha value is -0.430. The van der Waals surface area contributed by atoms with Gasteiger partial charge in [0.25, 0.3) is 0 Å². The fourth-order valence-corrected chi connectivity index (χ4v) is 4.83. The minimum Gasteiger partial charge on any atom is -0.330 e. The van der Waals surface area contributed by atoms with Crippen LogP contribution < -0.4 is 5.73 Å². The van der Waals surface area contributed by atoms with Gasteiger partial charge in [0.05, 0.1) is 4.90 Å². The Labute approximate surface area is 123 Å². The van der Waals surface area contributed by atoms with Gasteiger partial charge in [0.15, 0.2) is 0 Å². The maximum atomic E-state index is 12.6. The van der Waals surface area contributed by atoms with Gasteiger partial charge >= 0.3 is 0 Å². The van der Waals surface area contributed by atoms with Gasteiger partial charge in [-0.2, -0.15) is 4.31 Å². The van der Waals surface area contributed by atoms with E-state index in [-0.39, 0.29) is 0 Å². The summed E-state index contributed by atoms with van der Waals surface area (Å²) >= 11 is 3.38. The molecule has 1 aromatic rings. The van der Waals surface area contributed by atoms with Crippen molar-refractivity contribution in [2.24, 2.45) is 11.7 Å². The number of nitrogens with two attached hydrogens (primary N) is 1. The predicted molar refractivity (Wildman–Crippen MR) is 79.4 cm³/mol. The highest BCUT2D eigenvalue weighted by atomic mass is 79.9. The van der Waals surface area contributed by atoms with E-state index in [1.165, 1.54) is 0 Å². The Morgan fingerprint density at radius 3 is 2.58 bits per heavy atom. The summed E-state index contributed by atoms with van der Waals surface area (Å²) in [7, 11) is -3.40. The first kappa shape index (κ1) is 15.0. The largest absolute Gasteiger partial charge is 0.330 e. The van der Waals surface area contributed by atoms with Gasteiger partial charge in [-0.3, -0.25) is 0 Å². The number of aryl methyl sites for hydroxylation is 1. The molecule has 0 aromatic heterocycles. The van der Waals surface area contributed by atoms with E-state index in [9.17, 15) is 8.42 Å². The lowest BCUT2D eigenvalue weighted by Gasteiger charge is -2.30. The lowest BCUT2D eigenvalue weighted by atomic mass is 9.99. The van der Waals surface area contributed by atoms with Crippen molar-refractivity contribution in [3.05, 3.63) is 28.2 Å². The highest BCUT2D eigenvalue weighted by Gasteiger charge is 2.30. The van der Waals surface area contributed by atoms with Crippen LogP contribution in [0.3, 0.4) is 0 Å². The molecule has 0 bridgehead atoms. The van der Waals surface area contributed by atoms with Gasteiger partial charge in [-0.1, -0.05) is 12.1 Å². The van der Waals surface area contributed by atoms with Crippen LogP contribution in [0, 0.1) is 12.8 Å². The predicted octanol–water partition coefficient (Wildman–Crippen LogP) is 2.12. The molecule has 0 spiro atoms. The van der Waals surface area contributed by atoms with Crippen LogP contribution in [0.1, 0.15) is 18.4 Å². The Balaban J connectivity index is 2.26. The summed E-state index contributed by atoms with van der Waals surface area (Å²) in [6.07, 6.45) is 1.69. The van der Waals surface area contributed by atoms with Gasteiger partial charge in [0, 0.05) is 17.6 Å². The molecule has 0 unspecified atom stereocenters. The van der Waals surface area contributed by atoms with Crippen molar-refractivity contribution in [3.8, 4) is 0 Å². The van der Waals surface area contributed by atoms with Gasteiger partial charge in [0.2, 0.25) is 10.0 Å². The minimum absolute atomic E-state index is 0.360. The van der Waals surface area contributed by atoms with Gasteiger partial charge in [-0.25, -0.2) is 8.42 Å². The molecule has 106 valence electrons. The fraction of sp³-hybridized carbons (Fsp3) is 0.538. The quantitative estimate of drug-likeness (QED) is 0.911. The molecule has 1 fully saturated rings. The van der Waals surface area contributed by atoms with Crippen molar-refractivity contribution in [1.82, 2.24) is 4.31 Å². The second-order valence-corrected chi connectivity index (χ2v) is 7.67. The summed E-state index contributed by atoms with van der Waals surface area (Å²) in [5.41, 5.74) is 6.57. The summed E-state index contributed by atoms with van der Waals surface area (Å²) in [5.74, 6) is 0.451. The second-order valence-electron chi connectivity index (χ2n) is 4.97. The second kappa shape index (κ2) is 5.91. The summed E-state index contributed by atoms with van der Waals surface area (Å²) in [6.45, 7) is 3.65. The summed E-state index contributed by atoms with van der Waals surface area (Å²) in [6, 6.07) is 5.32. The number of nitrogens with zero attached hydrogens (tertiary/aromatic N) is 1. The average molecular weight is 347 g/mol. The van der Waals surface area contributed by atoms with Gasteiger partial charge in [-0.15, -0.1) is 0 Å². The molecule has 0 amide bonds. The third-order valence-corrected chi connectivity index (χ3v) is 6.94. The van der Waals surface area contributed by atoms with E-state index in [4.69, 9.17) is 5.73 Å². The molecule has 1 saturated heterocycles. The van der Waals surface area contributed by atoms with E-state index in [1.807, 2.05) is 13.0 Å². The first-order valence-electron chi connectivity index (χ1n) is 6.42. The molecule has 1 aromatic carbocycles. The molecule has 2 N–H and O–H groups in total. The fourth-order valence-electron chi connectivity index (χ4n) is 2.34. The van der Waals surface area contributed by atoms with Crippen LogP contribution in [0.2, 0.25) is 0 Å². The first-order valence-corrected chi connectivity index (χ1v) is 8.65. The van der Waals surface area contributed by atoms with Crippen LogP contribution >= 0.6 is 15.9 Å². The Bertz CT molecular complexity index is 552. The van der Waals surface area contributed by atoms with E-state index in [1.54, 1.807) is 16.4 Å². The molecule has 6 heteroatoms. The lowest BCUT2D eigenvalue weighted by molar-refractivity contribution is 0.278. The maximum absolute atomic E-state index is 12.6. The van der Waals surface area contributed by atoms with E-state index < -0.39 is 10.0 Å². The molecule has 0 saturated carbocycles. The van der Waals surface area contributed by atoms with Crippen LogP contribution in [0.4, 0.5) is 0 Å². The molecule has 1 heterocycles. The molecule has 19 heavy (non-hydrogen) atoms. The van der Waals surface area contributed by atoms with Crippen LogP contribution in [-0.2, 0) is 10.0 Å². The third kappa shape index (κ3) is 3.02. The van der Waals surface area contributed by atoms with Crippen LogP contribution in [-0.4, -0.2) is 32.4 Å². The third-order valence-electron chi connectivity index (χ3n) is 3.68.